The molecule has 1 heterocycles. The first-order chi connectivity index (χ1) is 12.1. The van der Waals surface area contributed by atoms with Crippen molar-refractivity contribution >= 4 is 5.96 Å². The molecule has 0 amide bonds. The number of hydrogen-bond acceptors (Lipinski definition) is 4. The highest BCUT2D eigenvalue weighted by Gasteiger charge is 2.16. The predicted molar refractivity (Wildman–Crippen MR) is 105 cm³/mol. The molecule has 1 aliphatic rings. The minimum absolute atomic E-state index is 0.0924. The number of ether oxygens (including phenoxy) is 1. The normalized spacial score (nSPS) is 18.6. The second-order valence-electron chi connectivity index (χ2n) is 7.14. The van der Waals surface area contributed by atoms with E-state index in [0.717, 1.165) is 77.5 Å². The molecule has 6 heteroatoms. The van der Waals surface area contributed by atoms with Crippen molar-refractivity contribution in [3.8, 4) is 0 Å². The molecule has 0 radical (unpaired) electrons. The smallest absolute Gasteiger partial charge is 0.191 e. The number of aliphatic hydroxyl groups excluding tert-OH is 1. The van der Waals surface area contributed by atoms with Crippen LogP contribution in [0.2, 0.25) is 0 Å². The lowest BCUT2D eigenvalue weighted by atomic mass is 10.0. The van der Waals surface area contributed by atoms with E-state index < -0.39 is 0 Å². The van der Waals surface area contributed by atoms with Crippen LogP contribution in [0.1, 0.15) is 53.4 Å². The number of likely N-dealkylation sites (tertiary alicyclic amines) is 1. The number of guanidine groups is 1. The maximum atomic E-state index is 9.55. The third-order valence-electron chi connectivity index (χ3n) is 4.65. The summed E-state index contributed by atoms with van der Waals surface area (Å²) in [4.78, 5) is 7.11. The molecule has 1 aliphatic heterocycles. The molecule has 0 spiro atoms. The van der Waals surface area contributed by atoms with E-state index in [2.05, 4.69) is 48.2 Å². The Balaban J connectivity index is 2.26. The van der Waals surface area contributed by atoms with Crippen LogP contribution in [0, 0.1) is 5.92 Å². The first-order valence-electron chi connectivity index (χ1n) is 10.1. The molecule has 0 saturated carbocycles. The first-order valence-corrected chi connectivity index (χ1v) is 10.1. The lowest BCUT2D eigenvalue weighted by Crippen LogP contribution is -2.39. The second kappa shape index (κ2) is 13.4. The van der Waals surface area contributed by atoms with Crippen LogP contribution in [0.3, 0.4) is 0 Å². The van der Waals surface area contributed by atoms with Gasteiger partial charge in [0.15, 0.2) is 5.96 Å². The van der Waals surface area contributed by atoms with E-state index in [1.54, 1.807) is 0 Å². The van der Waals surface area contributed by atoms with Gasteiger partial charge in [0.05, 0.1) is 12.2 Å². The van der Waals surface area contributed by atoms with E-state index in [0.29, 0.717) is 12.0 Å². The number of aliphatic hydroxyl groups is 1. The van der Waals surface area contributed by atoms with Crippen LogP contribution < -0.4 is 10.6 Å². The van der Waals surface area contributed by atoms with Crippen LogP contribution >= 0.6 is 0 Å². The molecule has 148 valence electrons. The summed E-state index contributed by atoms with van der Waals surface area (Å²) in [6.45, 7) is 15.0. The van der Waals surface area contributed by atoms with E-state index in [4.69, 9.17) is 4.74 Å². The molecule has 3 N–H and O–H groups in total. The zero-order valence-corrected chi connectivity index (χ0v) is 16.8. The maximum Gasteiger partial charge on any atom is 0.191 e. The van der Waals surface area contributed by atoms with Crippen molar-refractivity contribution < 1.29 is 9.84 Å². The van der Waals surface area contributed by atoms with Gasteiger partial charge < -0.3 is 25.4 Å². The third-order valence-corrected chi connectivity index (χ3v) is 4.65. The Morgan fingerprint density at radius 1 is 1.24 bits per heavy atom. The van der Waals surface area contributed by atoms with E-state index >= 15 is 0 Å². The van der Waals surface area contributed by atoms with Crippen molar-refractivity contribution in [1.82, 2.24) is 15.5 Å². The molecule has 1 atom stereocenters. The third kappa shape index (κ3) is 10.0. The van der Waals surface area contributed by atoms with E-state index in [1.807, 2.05) is 0 Å². The minimum atomic E-state index is -0.0924. The fourth-order valence-corrected chi connectivity index (χ4v) is 3.13. The SMILES string of the molecule is CCNC(=NCCCN1CCC(O)CC1)NCCC(OCC)C(C)C. The Morgan fingerprint density at radius 2 is 1.96 bits per heavy atom. The summed E-state index contributed by atoms with van der Waals surface area (Å²) in [5.41, 5.74) is 0. The van der Waals surface area contributed by atoms with Gasteiger partial charge in [-0.2, -0.15) is 0 Å². The van der Waals surface area contributed by atoms with Gasteiger partial charge in [-0.1, -0.05) is 13.8 Å². The highest BCUT2D eigenvalue weighted by molar-refractivity contribution is 5.79. The summed E-state index contributed by atoms with van der Waals surface area (Å²) in [7, 11) is 0. The summed E-state index contributed by atoms with van der Waals surface area (Å²) in [6, 6.07) is 0. The standard InChI is InChI=1S/C19H40N4O2/c1-5-20-19(22-12-8-18(16(3)4)25-6-2)21-11-7-13-23-14-9-17(24)10-15-23/h16-18,24H,5-15H2,1-4H3,(H2,20,21,22). The highest BCUT2D eigenvalue weighted by Crippen LogP contribution is 2.10. The molecule has 1 fully saturated rings. The Kier molecular flexibility index (Phi) is 11.9. The Morgan fingerprint density at radius 3 is 2.56 bits per heavy atom. The van der Waals surface area contributed by atoms with Crippen molar-refractivity contribution in [1.29, 1.82) is 0 Å². The van der Waals surface area contributed by atoms with Crippen LogP contribution in [0.4, 0.5) is 0 Å². The molecule has 0 bridgehead atoms. The quantitative estimate of drug-likeness (QED) is 0.299. The van der Waals surface area contributed by atoms with Gasteiger partial charge in [0, 0.05) is 39.3 Å². The molecule has 1 saturated heterocycles. The number of rotatable bonds is 11. The summed E-state index contributed by atoms with van der Waals surface area (Å²) < 4.78 is 5.79. The maximum absolute atomic E-state index is 9.55. The number of piperidine rings is 1. The van der Waals surface area contributed by atoms with Crippen molar-refractivity contribution in [3.05, 3.63) is 0 Å². The number of nitrogens with zero attached hydrogens (tertiary/aromatic N) is 2. The molecule has 25 heavy (non-hydrogen) atoms. The van der Waals surface area contributed by atoms with Gasteiger partial charge in [-0.3, -0.25) is 4.99 Å². The minimum Gasteiger partial charge on any atom is -0.393 e. The summed E-state index contributed by atoms with van der Waals surface area (Å²) >= 11 is 0. The monoisotopic (exact) mass is 356 g/mol. The Labute approximate surface area is 154 Å². The van der Waals surface area contributed by atoms with Crippen molar-refractivity contribution in [2.24, 2.45) is 10.9 Å². The molecule has 0 aromatic rings. The van der Waals surface area contributed by atoms with Crippen LogP contribution in [0.15, 0.2) is 4.99 Å². The fraction of sp³-hybridized carbons (Fsp3) is 0.947. The van der Waals surface area contributed by atoms with Gasteiger partial charge in [-0.05, 0) is 52.0 Å². The zero-order chi connectivity index (χ0) is 18.5. The average Bonchev–Trinajstić information content (AvgIpc) is 2.59. The van der Waals surface area contributed by atoms with Crippen LogP contribution in [-0.2, 0) is 4.74 Å². The van der Waals surface area contributed by atoms with Crippen LogP contribution in [0.5, 0.6) is 0 Å². The molecule has 6 nitrogen and oxygen atoms in total. The number of hydrogen-bond donors (Lipinski definition) is 3. The second-order valence-corrected chi connectivity index (χ2v) is 7.14. The van der Waals surface area contributed by atoms with Crippen LogP contribution in [0.25, 0.3) is 0 Å². The summed E-state index contributed by atoms with van der Waals surface area (Å²) in [6.07, 6.45) is 4.07. The van der Waals surface area contributed by atoms with E-state index in [9.17, 15) is 5.11 Å². The topological polar surface area (TPSA) is 69.1 Å². The van der Waals surface area contributed by atoms with Gasteiger partial charge in [-0.15, -0.1) is 0 Å². The zero-order valence-electron chi connectivity index (χ0n) is 16.8. The van der Waals surface area contributed by atoms with Crippen molar-refractivity contribution in [3.63, 3.8) is 0 Å². The molecular weight excluding hydrogens is 316 g/mol. The number of aliphatic imine (C=N–C) groups is 1. The Bertz CT molecular complexity index is 355. The largest absolute Gasteiger partial charge is 0.393 e. The van der Waals surface area contributed by atoms with Gasteiger partial charge in [0.2, 0.25) is 0 Å². The molecule has 0 aromatic carbocycles. The van der Waals surface area contributed by atoms with Gasteiger partial charge in [-0.25, -0.2) is 0 Å². The fourth-order valence-electron chi connectivity index (χ4n) is 3.13. The molecular formula is C19H40N4O2. The molecule has 0 aromatic heterocycles. The van der Waals surface area contributed by atoms with Crippen LogP contribution in [-0.4, -0.2) is 74.0 Å². The van der Waals surface area contributed by atoms with E-state index in [1.165, 1.54) is 0 Å². The first kappa shape index (κ1) is 22.2. The summed E-state index contributed by atoms with van der Waals surface area (Å²) in [5.74, 6) is 1.43. The molecule has 0 aliphatic carbocycles. The Hall–Kier alpha value is -0.850. The number of nitrogens with one attached hydrogen (secondary N) is 2. The van der Waals surface area contributed by atoms with Gasteiger partial charge in [0.1, 0.15) is 0 Å². The van der Waals surface area contributed by atoms with Gasteiger partial charge >= 0.3 is 0 Å². The van der Waals surface area contributed by atoms with Gasteiger partial charge in [0.25, 0.3) is 0 Å². The summed E-state index contributed by atoms with van der Waals surface area (Å²) in [5, 5.41) is 16.3. The van der Waals surface area contributed by atoms with Crippen molar-refractivity contribution in [2.45, 2.75) is 65.6 Å². The average molecular weight is 357 g/mol. The van der Waals surface area contributed by atoms with Crippen molar-refractivity contribution in [2.75, 3.05) is 45.9 Å². The highest BCUT2D eigenvalue weighted by atomic mass is 16.5. The molecule has 1 rings (SSSR count). The lowest BCUT2D eigenvalue weighted by Gasteiger charge is -2.29. The van der Waals surface area contributed by atoms with E-state index in [-0.39, 0.29) is 6.10 Å². The molecule has 1 unspecified atom stereocenters. The predicted octanol–water partition coefficient (Wildman–Crippen LogP) is 1.84. The lowest BCUT2D eigenvalue weighted by molar-refractivity contribution is 0.0258.